The number of aromatic nitrogens is 2. The Balaban J connectivity index is 1.60. The van der Waals surface area contributed by atoms with E-state index in [9.17, 15) is 0 Å². The van der Waals surface area contributed by atoms with Gasteiger partial charge < -0.3 is 9.84 Å². The first-order valence-corrected chi connectivity index (χ1v) is 6.53. The average molecular weight is 243 g/mol. The quantitative estimate of drug-likeness (QED) is 0.894. The highest BCUT2D eigenvalue weighted by Crippen LogP contribution is 2.32. The van der Waals surface area contributed by atoms with Crippen molar-refractivity contribution in [3.8, 4) is 0 Å². The van der Waals surface area contributed by atoms with Gasteiger partial charge in [-0.05, 0) is 25.0 Å². The van der Waals surface area contributed by atoms with Gasteiger partial charge in [0, 0.05) is 11.6 Å². The van der Waals surface area contributed by atoms with Gasteiger partial charge in [-0.2, -0.15) is 4.98 Å². The summed E-state index contributed by atoms with van der Waals surface area (Å²) in [6.07, 6.45) is 4.98. The zero-order valence-electron chi connectivity index (χ0n) is 10.3. The molecule has 94 valence electrons. The normalized spacial score (nSPS) is 16.0. The first-order chi connectivity index (χ1) is 8.92. The molecule has 0 saturated heterocycles. The van der Waals surface area contributed by atoms with E-state index in [1.165, 1.54) is 25.7 Å². The number of hydrogen-bond acceptors (Lipinski definition) is 4. The molecule has 3 rings (SSSR count). The van der Waals surface area contributed by atoms with E-state index in [1.54, 1.807) is 0 Å². The van der Waals surface area contributed by atoms with Crippen molar-refractivity contribution in [1.29, 1.82) is 0 Å². The van der Waals surface area contributed by atoms with E-state index in [1.807, 2.05) is 30.3 Å². The zero-order chi connectivity index (χ0) is 12.2. The van der Waals surface area contributed by atoms with E-state index >= 15 is 0 Å². The molecule has 1 aromatic carbocycles. The Bertz CT molecular complexity index is 489. The fourth-order valence-corrected chi connectivity index (χ4v) is 2.42. The third-order valence-corrected chi connectivity index (χ3v) is 3.42. The first kappa shape index (κ1) is 11.3. The van der Waals surface area contributed by atoms with Crippen LogP contribution in [0.4, 0.5) is 5.69 Å². The van der Waals surface area contributed by atoms with Crippen molar-refractivity contribution in [1.82, 2.24) is 10.1 Å². The van der Waals surface area contributed by atoms with E-state index < -0.39 is 0 Å². The standard InChI is InChI=1S/C14H17N3O/c1-2-8-12(9-3-1)15-10-13-16-14(17-18-13)11-6-4-5-7-11/h1-3,8-9,11,15H,4-7,10H2. The summed E-state index contributed by atoms with van der Waals surface area (Å²) in [5, 5.41) is 7.35. The summed E-state index contributed by atoms with van der Waals surface area (Å²) in [4.78, 5) is 4.47. The Morgan fingerprint density at radius 1 is 1.17 bits per heavy atom. The maximum absolute atomic E-state index is 5.28. The summed E-state index contributed by atoms with van der Waals surface area (Å²) in [6.45, 7) is 0.587. The van der Waals surface area contributed by atoms with Crippen LogP contribution in [0.25, 0.3) is 0 Å². The van der Waals surface area contributed by atoms with Gasteiger partial charge in [0.25, 0.3) is 0 Å². The molecule has 0 radical (unpaired) electrons. The molecule has 1 aliphatic rings. The molecule has 0 bridgehead atoms. The lowest BCUT2D eigenvalue weighted by atomic mass is 10.1. The molecule has 0 spiro atoms. The van der Waals surface area contributed by atoms with Gasteiger partial charge in [0.2, 0.25) is 5.89 Å². The molecular weight excluding hydrogens is 226 g/mol. The minimum absolute atomic E-state index is 0.513. The molecular formula is C14H17N3O. The van der Waals surface area contributed by atoms with E-state index in [-0.39, 0.29) is 0 Å². The molecule has 0 atom stereocenters. The molecule has 4 nitrogen and oxygen atoms in total. The molecule has 1 N–H and O–H groups in total. The van der Waals surface area contributed by atoms with Crippen LogP contribution < -0.4 is 5.32 Å². The van der Waals surface area contributed by atoms with Crippen molar-refractivity contribution in [3.05, 3.63) is 42.0 Å². The Kier molecular flexibility index (Phi) is 3.26. The van der Waals surface area contributed by atoms with Crippen LogP contribution in [0.1, 0.15) is 43.3 Å². The van der Waals surface area contributed by atoms with Gasteiger partial charge in [-0.25, -0.2) is 0 Å². The molecule has 18 heavy (non-hydrogen) atoms. The second-order valence-electron chi connectivity index (χ2n) is 4.75. The number of nitrogens with zero attached hydrogens (tertiary/aromatic N) is 2. The van der Waals surface area contributed by atoms with Crippen LogP contribution in [0.15, 0.2) is 34.9 Å². The van der Waals surface area contributed by atoms with Gasteiger partial charge in [0.05, 0.1) is 6.54 Å². The highest BCUT2D eigenvalue weighted by atomic mass is 16.5. The number of rotatable bonds is 4. The third-order valence-electron chi connectivity index (χ3n) is 3.42. The van der Waals surface area contributed by atoms with Crippen LogP contribution in [-0.2, 0) is 6.54 Å². The van der Waals surface area contributed by atoms with Gasteiger partial charge in [0.15, 0.2) is 5.82 Å². The van der Waals surface area contributed by atoms with Crippen LogP contribution in [0, 0.1) is 0 Å². The number of nitrogens with one attached hydrogen (secondary N) is 1. The summed E-state index contributed by atoms with van der Waals surface area (Å²) in [7, 11) is 0. The molecule has 0 aliphatic heterocycles. The monoisotopic (exact) mass is 243 g/mol. The Morgan fingerprint density at radius 3 is 2.72 bits per heavy atom. The lowest BCUT2D eigenvalue weighted by molar-refractivity contribution is 0.374. The van der Waals surface area contributed by atoms with Gasteiger partial charge in [0.1, 0.15) is 0 Å². The Labute approximate surface area is 106 Å². The second kappa shape index (κ2) is 5.21. The van der Waals surface area contributed by atoms with Crippen molar-refractivity contribution in [2.75, 3.05) is 5.32 Å². The van der Waals surface area contributed by atoms with Crippen molar-refractivity contribution >= 4 is 5.69 Å². The smallest absolute Gasteiger partial charge is 0.245 e. The number of para-hydroxylation sites is 1. The van der Waals surface area contributed by atoms with Crippen molar-refractivity contribution in [2.45, 2.75) is 38.1 Å². The first-order valence-electron chi connectivity index (χ1n) is 6.53. The summed E-state index contributed by atoms with van der Waals surface area (Å²) in [5.74, 6) is 2.07. The summed E-state index contributed by atoms with van der Waals surface area (Å²) in [6, 6.07) is 10.0. The molecule has 2 aromatic rings. The molecule has 1 aliphatic carbocycles. The number of hydrogen-bond donors (Lipinski definition) is 1. The molecule has 1 fully saturated rings. The number of anilines is 1. The maximum Gasteiger partial charge on any atom is 0.245 e. The van der Waals surface area contributed by atoms with Crippen molar-refractivity contribution in [3.63, 3.8) is 0 Å². The predicted molar refractivity (Wildman–Crippen MR) is 69.3 cm³/mol. The van der Waals surface area contributed by atoms with Gasteiger partial charge in [-0.3, -0.25) is 0 Å². The summed E-state index contributed by atoms with van der Waals surface area (Å²) < 4.78 is 5.28. The van der Waals surface area contributed by atoms with E-state index in [4.69, 9.17) is 4.52 Å². The third kappa shape index (κ3) is 2.53. The van der Waals surface area contributed by atoms with Crippen LogP contribution in [-0.4, -0.2) is 10.1 Å². The molecule has 1 heterocycles. The highest BCUT2D eigenvalue weighted by Gasteiger charge is 2.22. The molecule has 0 unspecified atom stereocenters. The Morgan fingerprint density at radius 2 is 1.94 bits per heavy atom. The second-order valence-corrected chi connectivity index (χ2v) is 4.75. The lowest BCUT2D eigenvalue weighted by Crippen LogP contribution is -2.00. The van der Waals surface area contributed by atoms with E-state index in [0.29, 0.717) is 18.4 Å². The summed E-state index contributed by atoms with van der Waals surface area (Å²) >= 11 is 0. The van der Waals surface area contributed by atoms with Crippen LogP contribution in [0.3, 0.4) is 0 Å². The molecule has 4 heteroatoms. The SMILES string of the molecule is c1ccc(NCc2nc(C3CCCC3)no2)cc1. The molecule has 1 saturated carbocycles. The van der Waals surface area contributed by atoms with Crippen LogP contribution >= 0.6 is 0 Å². The minimum Gasteiger partial charge on any atom is -0.376 e. The topological polar surface area (TPSA) is 51.0 Å². The minimum atomic E-state index is 0.513. The van der Waals surface area contributed by atoms with E-state index in [0.717, 1.165) is 11.5 Å². The van der Waals surface area contributed by atoms with Crippen molar-refractivity contribution in [2.24, 2.45) is 0 Å². The van der Waals surface area contributed by atoms with E-state index in [2.05, 4.69) is 15.5 Å². The zero-order valence-corrected chi connectivity index (χ0v) is 10.3. The fourth-order valence-electron chi connectivity index (χ4n) is 2.42. The highest BCUT2D eigenvalue weighted by molar-refractivity contribution is 5.42. The van der Waals surface area contributed by atoms with Crippen LogP contribution in [0.2, 0.25) is 0 Å². The van der Waals surface area contributed by atoms with Gasteiger partial charge in [-0.15, -0.1) is 0 Å². The summed E-state index contributed by atoms with van der Waals surface area (Å²) in [5.41, 5.74) is 1.07. The average Bonchev–Trinajstić information content (AvgIpc) is 3.08. The number of benzene rings is 1. The van der Waals surface area contributed by atoms with Crippen LogP contribution in [0.5, 0.6) is 0 Å². The van der Waals surface area contributed by atoms with Crippen molar-refractivity contribution < 1.29 is 4.52 Å². The van der Waals surface area contributed by atoms with Gasteiger partial charge >= 0.3 is 0 Å². The lowest BCUT2D eigenvalue weighted by Gasteiger charge is -2.02. The Hall–Kier alpha value is -1.84. The maximum atomic E-state index is 5.28. The predicted octanol–water partition coefficient (Wildman–Crippen LogP) is 3.34. The van der Waals surface area contributed by atoms with Gasteiger partial charge in [-0.1, -0.05) is 36.2 Å². The molecule has 0 amide bonds. The fraction of sp³-hybridized carbons (Fsp3) is 0.429. The largest absolute Gasteiger partial charge is 0.376 e. The molecule has 1 aromatic heterocycles.